The molecule has 16 heavy (non-hydrogen) atoms. The Morgan fingerprint density at radius 2 is 1.81 bits per heavy atom. The van der Waals surface area contributed by atoms with Crippen LogP contribution in [0.1, 0.15) is 27.7 Å². The van der Waals surface area contributed by atoms with Crippen molar-refractivity contribution in [2.24, 2.45) is 10.5 Å². The molecule has 0 fully saturated rings. The summed E-state index contributed by atoms with van der Waals surface area (Å²) < 4.78 is 0. The highest BCUT2D eigenvalue weighted by molar-refractivity contribution is 6.30. The SMILES string of the molecule is CC1=NN(c2ccc(Cl)cc2)C(C)C1(C)C. The number of rotatable bonds is 1. The van der Waals surface area contributed by atoms with Crippen LogP contribution in [0.15, 0.2) is 29.4 Å². The molecule has 1 aliphatic rings. The molecular formula is C13H17ClN2. The van der Waals surface area contributed by atoms with Gasteiger partial charge in [0.25, 0.3) is 0 Å². The van der Waals surface area contributed by atoms with Crippen molar-refractivity contribution in [2.45, 2.75) is 33.7 Å². The van der Waals surface area contributed by atoms with Crippen LogP contribution in [0.25, 0.3) is 0 Å². The van der Waals surface area contributed by atoms with Crippen LogP contribution < -0.4 is 5.01 Å². The molecule has 0 saturated heterocycles. The molecule has 0 aromatic heterocycles. The van der Waals surface area contributed by atoms with E-state index in [-0.39, 0.29) is 5.41 Å². The van der Waals surface area contributed by atoms with Crippen molar-refractivity contribution in [1.29, 1.82) is 0 Å². The van der Waals surface area contributed by atoms with Crippen molar-refractivity contribution >= 4 is 23.0 Å². The summed E-state index contributed by atoms with van der Waals surface area (Å²) in [6.07, 6.45) is 0. The fourth-order valence-corrected chi connectivity index (χ4v) is 1.99. The van der Waals surface area contributed by atoms with Crippen LogP contribution in [0.4, 0.5) is 5.69 Å². The first-order valence-electron chi connectivity index (χ1n) is 5.53. The highest BCUT2D eigenvalue weighted by atomic mass is 35.5. The number of hydrazone groups is 1. The summed E-state index contributed by atoms with van der Waals surface area (Å²) in [7, 11) is 0. The Morgan fingerprint density at radius 3 is 2.25 bits per heavy atom. The van der Waals surface area contributed by atoms with E-state index in [0.717, 1.165) is 10.7 Å². The molecule has 1 heterocycles. The highest BCUT2D eigenvalue weighted by Gasteiger charge is 2.39. The Morgan fingerprint density at radius 1 is 1.25 bits per heavy atom. The lowest BCUT2D eigenvalue weighted by Crippen LogP contribution is -2.36. The van der Waals surface area contributed by atoms with E-state index < -0.39 is 0 Å². The van der Waals surface area contributed by atoms with Crippen molar-refractivity contribution in [3.8, 4) is 0 Å². The molecule has 0 spiro atoms. The highest BCUT2D eigenvalue weighted by Crippen LogP contribution is 2.36. The van der Waals surface area contributed by atoms with Crippen molar-refractivity contribution in [1.82, 2.24) is 0 Å². The van der Waals surface area contributed by atoms with Gasteiger partial charge < -0.3 is 0 Å². The Kier molecular flexibility index (Phi) is 2.70. The van der Waals surface area contributed by atoms with E-state index in [0.29, 0.717) is 6.04 Å². The molecule has 2 rings (SSSR count). The zero-order valence-corrected chi connectivity index (χ0v) is 10.9. The molecule has 2 nitrogen and oxygen atoms in total. The number of hydrogen-bond acceptors (Lipinski definition) is 2. The molecule has 86 valence electrons. The maximum absolute atomic E-state index is 5.89. The minimum absolute atomic E-state index is 0.125. The first-order chi connectivity index (χ1) is 7.43. The Bertz CT molecular complexity index is 420. The normalized spacial score (nSPS) is 23.4. The van der Waals surface area contributed by atoms with Gasteiger partial charge in [0.05, 0.1) is 11.7 Å². The third-order valence-corrected chi connectivity index (χ3v) is 3.94. The van der Waals surface area contributed by atoms with Crippen LogP contribution in [0, 0.1) is 5.41 Å². The van der Waals surface area contributed by atoms with Crippen LogP contribution in [0.3, 0.4) is 0 Å². The number of benzene rings is 1. The van der Waals surface area contributed by atoms with Gasteiger partial charge in [0.2, 0.25) is 0 Å². The van der Waals surface area contributed by atoms with Gasteiger partial charge in [-0.1, -0.05) is 25.4 Å². The van der Waals surface area contributed by atoms with Gasteiger partial charge in [-0.2, -0.15) is 5.10 Å². The molecule has 0 radical (unpaired) electrons. The molecule has 0 bridgehead atoms. The summed E-state index contributed by atoms with van der Waals surface area (Å²) in [5.41, 5.74) is 2.40. The summed E-state index contributed by atoms with van der Waals surface area (Å²) in [5, 5.41) is 7.46. The molecule has 1 aromatic carbocycles. The predicted molar refractivity (Wildman–Crippen MR) is 70.3 cm³/mol. The van der Waals surface area contributed by atoms with E-state index in [9.17, 15) is 0 Å². The zero-order valence-electron chi connectivity index (χ0n) is 10.2. The minimum atomic E-state index is 0.125. The van der Waals surface area contributed by atoms with Gasteiger partial charge in [-0.3, -0.25) is 5.01 Å². The molecule has 0 saturated carbocycles. The lowest BCUT2D eigenvalue weighted by atomic mass is 9.82. The van der Waals surface area contributed by atoms with E-state index in [2.05, 4.69) is 37.8 Å². The van der Waals surface area contributed by atoms with Crippen LogP contribution in [-0.2, 0) is 0 Å². The number of nitrogens with zero attached hydrogens (tertiary/aromatic N) is 2. The summed E-state index contributed by atoms with van der Waals surface area (Å²) in [4.78, 5) is 0. The maximum atomic E-state index is 5.89. The third-order valence-electron chi connectivity index (χ3n) is 3.69. The lowest BCUT2D eigenvalue weighted by molar-refractivity contribution is 0.437. The molecule has 0 aliphatic carbocycles. The number of halogens is 1. The Hall–Kier alpha value is -1.02. The van der Waals surface area contributed by atoms with Gasteiger partial charge in [0, 0.05) is 16.1 Å². The van der Waals surface area contributed by atoms with E-state index in [4.69, 9.17) is 11.6 Å². The van der Waals surface area contributed by atoms with Gasteiger partial charge in [0.15, 0.2) is 0 Å². The molecular weight excluding hydrogens is 220 g/mol. The van der Waals surface area contributed by atoms with E-state index in [1.165, 1.54) is 5.71 Å². The molecule has 1 atom stereocenters. The standard InChI is InChI=1S/C13H17ClN2/c1-9-13(3,4)10(2)16(15-9)12-7-5-11(14)6-8-12/h5-8,10H,1-4H3. The van der Waals surface area contributed by atoms with E-state index in [1.54, 1.807) is 0 Å². The molecule has 1 aliphatic heterocycles. The first kappa shape index (κ1) is 11.5. The largest absolute Gasteiger partial charge is 0.262 e. The van der Waals surface area contributed by atoms with Gasteiger partial charge in [-0.15, -0.1) is 0 Å². The second-order valence-electron chi connectivity index (χ2n) is 4.90. The average Bonchev–Trinajstić information content (AvgIpc) is 2.44. The quantitative estimate of drug-likeness (QED) is 0.721. The van der Waals surface area contributed by atoms with Crippen molar-refractivity contribution in [2.75, 3.05) is 5.01 Å². The van der Waals surface area contributed by atoms with Crippen LogP contribution in [0.2, 0.25) is 5.02 Å². The van der Waals surface area contributed by atoms with Crippen molar-refractivity contribution in [3.05, 3.63) is 29.3 Å². The van der Waals surface area contributed by atoms with Gasteiger partial charge in [-0.25, -0.2) is 0 Å². The minimum Gasteiger partial charge on any atom is -0.262 e. The van der Waals surface area contributed by atoms with Crippen LogP contribution in [-0.4, -0.2) is 11.8 Å². The summed E-state index contributed by atoms with van der Waals surface area (Å²) in [5.74, 6) is 0. The monoisotopic (exact) mass is 236 g/mol. The number of anilines is 1. The molecule has 1 unspecified atom stereocenters. The first-order valence-corrected chi connectivity index (χ1v) is 5.91. The van der Waals surface area contributed by atoms with Gasteiger partial charge in [0.1, 0.15) is 0 Å². The second kappa shape index (κ2) is 3.77. The smallest absolute Gasteiger partial charge is 0.0601 e. The lowest BCUT2D eigenvalue weighted by Gasteiger charge is -2.29. The average molecular weight is 237 g/mol. The topological polar surface area (TPSA) is 15.6 Å². The fourth-order valence-electron chi connectivity index (χ4n) is 1.86. The van der Waals surface area contributed by atoms with E-state index >= 15 is 0 Å². The molecule has 3 heteroatoms. The van der Waals surface area contributed by atoms with Gasteiger partial charge >= 0.3 is 0 Å². The third kappa shape index (κ3) is 1.71. The fraction of sp³-hybridized carbons (Fsp3) is 0.462. The molecule has 0 N–H and O–H groups in total. The summed E-state index contributed by atoms with van der Waals surface area (Å²) >= 11 is 5.89. The predicted octanol–water partition coefficient (Wildman–Crippen LogP) is 3.95. The Labute approximate surface area is 102 Å². The molecule has 0 amide bonds. The van der Waals surface area contributed by atoms with Crippen LogP contribution >= 0.6 is 11.6 Å². The van der Waals surface area contributed by atoms with Crippen molar-refractivity contribution < 1.29 is 0 Å². The van der Waals surface area contributed by atoms with Gasteiger partial charge in [-0.05, 0) is 38.1 Å². The van der Waals surface area contributed by atoms with Crippen molar-refractivity contribution in [3.63, 3.8) is 0 Å². The second-order valence-corrected chi connectivity index (χ2v) is 5.34. The maximum Gasteiger partial charge on any atom is 0.0601 e. The summed E-state index contributed by atoms with van der Waals surface area (Å²) in [6.45, 7) is 8.75. The van der Waals surface area contributed by atoms with Crippen LogP contribution in [0.5, 0.6) is 0 Å². The number of hydrogen-bond donors (Lipinski definition) is 0. The zero-order chi connectivity index (χ0) is 11.9. The molecule has 1 aromatic rings. The summed E-state index contributed by atoms with van der Waals surface area (Å²) in [6, 6.07) is 8.20. The Balaban J connectivity index is 2.34. The van der Waals surface area contributed by atoms with E-state index in [1.807, 2.05) is 24.3 Å².